The van der Waals surface area contributed by atoms with E-state index in [0.29, 0.717) is 36.0 Å². The van der Waals surface area contributed by atoms with E-state index >= 15 is 0 Å². The normalized spacial score (nSPS) is 21.1. The van der Waals surface area contributed by atoms with Gasteiger partial charge < -0.3 is 27.5 Å². The number of anilines is 2. The summed E-state index contributed by atoms with van der Waals surface area (Å²) in [5.41, 5.74) is 24.1. The van der Waals surface area contributed by atoms with Gasteiger partial charge in [0.25, 0.3) is 5.82 Å². The number of nitrogens with zero attached hydrogens (tertiary/aromatic N) is 5. The quantitative estimate of drug-likeness (QED) is 0.271. The van der Waals surface area contributed by atoms with Crippen LogP contribution in [0.2, 0.25) is 0 Å². The molecule has 2 aromatic heterocycles. The summed E-state index contributed by atoms with van der Waals surface area (Å²) in [6.45, 7) is 23.6. The predicted molar refractivity (Wildman–Crippen MR) is 185 cm³/mol. The van der Waals surface area contributed by atoms with Crippen molar-refractivity contribution >= 4 is 46.3 Å². The average molecular weight is 843 g/mol. The zero-order valence-corrected chi connectivity index (χ0v) is 34.9. The van der Waals surface area contributed by atoms with Gasteiger partial charge in [-0.05, 0) is 104 Å². The van der Waals surface area contributed by atoms with Crippen LogP contribution in [-0.2, 0) is 15.0 Å². The summed E-state index contributed by atoms with van der Waals surface area (Å²) in [6, 6.07) is 7.35. The van der Waals surface area contributed by atoms with Gasteiger partial charge in [-0.15, -0.1) is 4.98 Å². The first kappa shape index (κ1) is 43.3. The number of rotatable bonds is 1. The number of pyridine rings is 2. The second-order valence-corrected chi connectivity index (χ2v) is 28.4. The fourth-order valence-electron chi connectivity index (χ4n) is 5.56. The van der Waals surface area contributed by atoms with Gasteiger partial charge in [-0.2, -0.15) is 0 Å². The van der Waals surface area contributed by atoms with Gasteiger partial charge in [0.15, 0.2) is 5.69 Å². The first-order valence-corrected chi connectivity index (χ1v) is 27.0. The van der Waals surface area contributed by atoms with Crippen LogP contribution in [0.5, 0.6) is 0 Å². The molecule has 10 nitrogen and oxygen atoms in total. The molecule has 0 bridgehead atoms. The minimum atomic E-state index is -2.24. The number of carbonyl (C=O) groups is 2. The Labute approximate surface area is 319 Å². The maximum absolute atomic E-state index is 12.5. The summed E-state index contributed by atoms with van der Waals surface area (Å²) in [7, 11) is 0. The number of halogens is 3. The maximum Gasteiger partial charge on any atom is 1.00 e. The Morgan fingerprint density at radius 1 is 0.833 bits per heavy atom. The molecule has 4 heterocycles. The third-order valence-corrected chi connectivity index (χ3v) is 7.76. The number of ether oxygens (including phenoxy) is 2. The minimum absolute atomic E-state index is 0. The summed E-state index contributed by atoms with van der Waals surface area (Å²) in [5, 5.41) is 0. The van der Waals surface area contributed by atoms with Crippen LogP contribution in [0.3, 0.4) is 0 Å². The van der Waals surface area contributed by atoms with Crippen molar-refractivity contribution in [1.29, 1.82) is 0 Å². The second kappa shape index (κ2) is 16.6. The Balaban J connectivity index is 0.000000290. The van der Waals surface area contributed by atoms with E-state index in [1.165, 1.54) is 0 Å². The summed E-state index contributed by atoms with van der Waals surface area (Å²) < 4.78 is 11.0. The van der Waals surface area contributed by atoms with E-state index in [9.17, 15) is 9.59 Å². The van der Waals surface area contributed by atoms with Crippen molar-refractivity contribution in [3.8, 4) is 0 Å². The summed E-state index contributed by atoms with van der Waals surface area (Å²) in [4.78, 5) is 40.7. The maximum atomic E-state index is 12.5. The van der Waals surface area contributed by atoms with Gasteiger partial charge in [-0.25, -0.2) is 9.59 Å². The number of hydrogen-bond acceptors (Lipinski definition) is 7. The van der Waals surface area contributed by atoms with Gasteiger partial charge >= 0.3 is 78.6 Å². The monoisotopic (exact) mass is 841 g/mol. The Hall–Kier alpha value is -0.866. The molecule has 48 heavy (non-hydrogen) atoms. The van der Waals surface area contributed by atoms with Crippen LogP contribution in [0.1, 0.15) is 97.1 Å². The Morgan fingerprint density at radius 2 is 1.23 bits per heavy atom. The molecule has 4 aliphatic rings. The molecule has 2 aliphatic carbocycles. The third kappa shape index (κ3) is 11.6. The van der Waals surface area contributed by atoms with Gasteiger partial charge in [0, 0.05) is 24.9 Å². The molecule has 2 aliphatic heterocycles. The second-order valence-electron chi connectivity index (χ2n) is 14.6. The molecule has 2 saturated carbocycles. The molecule has 2 N–H and O–H groups in total. The molecule has 2 aromatic rings. The number of carbonyl (C=O) groups excluding carboxylic acids is 2. The molecule has 2 amide bonds. The molecule has 257 valence electrons. The van der Waals surface area contributed by atoms with Crippen molar-refractivity contribution in [3.63, 3.8) is 0 Å². The molecular weight excluding hydrogens is 798 g/mol. The molecule has 0 aromatic carbocycles. The van der Waals surface area contributed by atoms with Crippen molar-refractivity contribution < 1.29 is 68.6 Å². The molecule has 0 saturated heterocycles. The van der Waals surface area contributed by atoms with Gasteiger partial charge in [-0.3, -0.25) is 14.8 Å². The van der Waals surface area contributed by atoms with Crippen LogP contribution in [0, 0.1) is 56.5 Å². The van der Waals surface area contributed by atoms with Crippen LogP contribution in [0.25, 0.3) is 4.85 Å². The van der Waals surface area contributed by atoms with E-state index < -0.39 is 47.4 Å². The Kier molecular flexibility index (Phi) is 15.0. The molecule has 15 heteroatoms. The standard InChI is InChI=1S/C17H25N3O2.C15H17N3O2.CH3.Ce.3ClH.Li/c1-16(2,3)22-15(21)20-9-10-8-11(10)14-12(20)6-7-13(19-14)17(4,5)18;1-15(2,3)20-14(19)18-8-9-7-10(9)13-11(18)5-6-12(16-4)17-13;;;;;;/h6-7,10-11H,8-9,18H2,1-5H3;5-6,9-10H,7-8H2,1-3H3;1H3;;3*1H;/q;;-1;+3;;;;+1/p-3. The zero-order valence-electron chi connectivity index (χ0n) is 29.5. The van der Waals surface area contributed by atoms with Gasteiger partial charge in [0.2, 0.25) is 0 Å². The molecule has 0 spiro atoms. The van der Waals surface area contributed by atoms with Gasteiger partial charge in [-0.1, -0.05) is 6.57 Å². The third-order valence-electron chi connectivity index (χ3n) is 7.76. The average Bonchev–Trinajstić information content (AvgIpc) is 3.84. The first-order chi connectivity index (χ1) is 21.2. The molecule has 6 rings (SSSR count). The van der Waals surface area contributed by atoms with E-state index in [0.717, 1.165) is 47.8 Å². The van der Waals surface area contributed by atoms with Crippen LogP contribution in [0.4, 0.5) is 26.8 Å². The van der Waals surface area contributed by atoms with Crippen LogP contribution in [0.15, 0.2) is 24.3 Å². The largest absolute Gasteiger partial charge is 1.00 e. The summed E-state index contributed by atoms with van der Waals surface area (Å²) >= 11 is -2.24. The van der Waals surface area contributed by atoms with Gasteiger partial charge in [0.05, 0.1) is 28.3 Å². The van der Waals surface area contributed by atoms with Crippen molar-refractivity contribution in [2.75, 3.05) is 22.9 Å². The molecule has 0 radical (unpaired) electrons. The Morgan fingerprint density at radius 3 is 1.60 bits per heavy atom. The van der Waals surface area contributed by atoms with Gasteiger partial charge in [0.1, 0.15) is 11.2 Å². The van der Waals surface area contributed by atoms with Crippen LogP contribution in [-0.4, -0.2) is 46.4 Å². The van der Waals surface area contributed by atoms with Crippen molar-refractivity contribution in [2.24, 2.45) is 17.6 Å². The number of nitrogens with two attached hydrogens (primary N) is 1. The SMILES string of the molecule is CC(C)(C)OC(=O)N1CC2CC2c2nc(C(C)(C)N)ccc21.[C-]#[N+]c1ccc2c(n1)C1CC1CN2C(=O)OC(C)(C)C.[CH3-].[Cl][Ce]([Cl])[Cl].[Li+]. The van der Waals surface area contributed by atoms with Crippen molar-refractivity contribution in [1.82, 2.24) is 9.97 Å². The van der Waals surface area contributed by atoms with Crippen LogP contribution >= 0.6 is 16.9 Å². The van der Waals surface area contributed by atoms with E-state index in [1.807, 2.05) is 73.6 Å². The fraction of sp³-hybridized carbons (Fsp3) is 0.576. The fourth-order valence-corrected chi connectivity index (χ4v) is 5.56. The predicted octanol–water partition coefficient (Wildman–Crippen LogP) is 6.15. The number of hydrogen-bond donors (Lipinski definition) is 1. The summed E-state index contributed by atoms with van der Waals surface area (Å²) in [5.74, 6) is 2.23. The Bertz CT molecular complexity index is 1520. The van der Waals surface area contributed by atoms with E-state index in [1.54, 1.807) is 15.9 Å². The first-order valence-electron chi connectivity index (χ1n) is 15.2. The summed E-state index contributed by atoms with van der Waals surface area (Å²) in [6.07, 6.45) is 1.51. The topological polar surface area (TPSA) is 115 Å². The zero-order chi connectivity index (χ0) is 34.4. The van der Waals surface area contributed by atoms with E-state index in [2.05, 4.69) is 9.83 Å². The number of aromatic nitrogens is 2. The minimum Gasteiger partial charge on any atom is 1.00 e. The van der Waals surface area contributed by atoms with Crippen LogP contribution < -0.4 is 34.4 Å². The van der Waals surface area contributed by atoms with E-state index in [-0.39, 0.29) is 38.5 Å². The number of fused-ring (bicyclic) bond motifs is 6. The molecular formula is C33H45CeCl3LiN6O4. The molecule has 4 unspecified atom stereocenters. The van der Waals surface area contributed by atoms with Crippen molar-refractivity contribution in [3.05, 3.63) is 60.2 Å². The smallest absolute Gasteiger partial charge is 1.00 e. The molecule has 2 fully saturated rings. The molecule has 4 atom stereocenters. The number of amides is 2. The van der Waals surface area contributed by atoms with Crippen molar-refractivity contribution in [2.45, 2.75) is 96.8 Å². The van der Waals surface area contributed by atoms with E-state index in [4.69, 9.17) is 43.6 Å².